The average molecular weight is 410 g/mol. The molecule has 3 amide bonds. The largest absolute Gasteiger partial charge is 0.480 e. The molecule has 160 valence electrons. The van der Waals surface area contributed by atoms with Gasteiger partial charge in [-0.3, -0.25) is 14.4 Å². The van der Waals surface area contributed by atoms with Crippen LogP contribution in [-0.4, -0.2) is 76.4 Å². The number of nitrogens with two attached hydrogens (primary N) is 1. The van der Waals surface area contributed by atoms with Crippen molar-refractivity contribution >= 4 is 23.7 Å². The molecule has 0 fully saturated rings. The minimum atomic E-state index is -1.51. The van der Waals surface area contributed by atoms with Crippen LogP contribution in [0.5, 0.6) is 0 Å². The minimum Gasteiger partial charge on any atom is -0.480 e. The molecule has 11 heteroatoms. The van der Waals surface area contributed by atoms with Gasteiger partial charge in [0, 0.05) is 6.42 Å². The van der Waals surface area contributed by atoms with E-state index >= 15 is 0 Å². The first-order valence-corrected chi connectivity index (χ1v) is 8.85. The normalized spacial score (nSPS) is 14.8. The molecule has 4 unspecified atom stereocenters. The lowest BCUT2D eigenvalue weighted by Gasteiger charge is -2.25. The van der Waals surface area contributed by atoms with Crippen LogP contribution in [0.1, 0.15) is 12.5 Å². The van der Waals surface area contributed by atoms with Crippen molar-refractivity contribution < 1.29 is 34.5 Å². The van der Waals surface area contributed by atoms with Crippen LogP contribution in [-0.2, 0) is 25.6 Å². The van der Waals surface area contributed by atoms with Gasteiger partial charge in [0.2, 0.25) is 17.7 Å². The van der Waals surface area contributed by atoms with Crippen LogP contribution in [0.3, 0.4) is 0 Å². The van der Waals surface area contributed by atoms with E-state index < -0.39 is 61.1 Å². The topological polar surface area (TPSA) is 191 Å². The molecule has 1 aromatic rings. The third-order valence-electron chi connectivity index (χ3n) is 3.98. The fraction of sp³-hybridized carbons (Fsp3) is 0.444. The SMILES string of the molecule is CC(O)C(NC(=O)C(CO)NC(=O)CN)C(=O)NC(Cc1ccccc1)C(=O)O. The van der Waals surface area contributed by atoms with Crippen LogP contribution < -0.4 is 21.7 Å². The number of carboxylic acids is 1. The van der Waals surface area contributed by atoms with E-state index in [2.05, 4.69) is 16.0 Å². The van der Waals surface area contributed by atoms with Crippen molar-refractivity contribution in [1.29, 1.82) is 0 Å². The fourth-order valence-electron chi connectivity index (χ4n) is 2.42. The second-order valence-corrected chi connectivity index (χ2v) is 6.32. The molecule has 0 saturated carbocycles. The maximum Gasteiger partial charge on any atom is 0.326 e. The van der Waals surface area contributed by atoms with Crippen LogP contribution >= 0.6 is 0 Å². The summed E-state index contributed by atoms with van der Waals surface area (Å²) in [7, 11) is 0. The molecule has 0 radical (unpaired) electrons. The van der Waals surface area contributed by atoms with Crippen LogP contribution in [0.2, 0.25) is 0 Å². The van der Waals surface area contributed by atoms with Gasteiger partial charge in [0.15, 0.2) is 0 Å². The van der Waals surface area contributed by atoms with Crippen LogP contribution in [0.15, 0.2) is 30.3 Å². The molecule has 29 heavy (non-hydrogen) atoms. The molecule has 4 atom stereocenters. The molecule has 1 aromatic carbocycles. The number of carbonyl (C=O) groups excluding carboxylic acids is 3. The number of hydrogen-bond acceptors (Lipinski definition) is 7. The van der Waals surface area contributed by atoms with E-state index in [1.165, 1.54) is 6.92 Å². The zero-order chi connectivity index (χ0) is 22.0. The number of carbonyl (C=O) groups is 4. The molecule has 0 aromatic heterocycles. The van der Waals surface area contributed by atoms with Crippen molar-refractivity contribution in [2.24, 2.45) is 5.73 Å². The second kappa shape index (κ2) is 11.7. The number of carboxylic acid groups (broad SMARTS) is 1. The maximum atomic E-state index is 12.5. The predicted molar refractivity (Wildman–Crippen MR) is 101 cm³/mol. The van der Waals surface area contributed by atoms with Gasteiger partial charge < -0.3 is 37.0 Å². The molecule has 0 bridgehead atoms. The summed E-state index contributed by atoms with van der Waals surface area (Å²) in [6.07, 6.45) is -1.39. The van der Waals surface area contributed by atoms with Gasteiger partial charge in [-0.05, 0) is 12.5 Å². The molecule has 0 heterocycles. The zero-order valence-corrected chi connectivity index (χ0v) is 15.9. The van der Waals surface area contributed by atoms with Gasteiger partial charge in [-0.1, -0.05) is 30.3 Å². The van der Waals surface area contributed by atoms with E-state index in [1.54, 1.807) is 30.3 Å². The Kier molecular flexibility index (Phi) is 9.72. The lowest BCUT2D eigenvalue weighted by atomic mass is 10.0. The lowest BCUT2D eigenvalue weighted by Crippen LogP contribution is -2.60. The average Bonchev–Trinajstić information content (AvgIpc) is 2.69. The quantitative estimate of drug-likeness (QED) is 0.202. The first kappa shape index (κ1) is 24.0. The highest BCUT2D eigenvalue weighted by molar-refractivity contribution is 5.94. The summed E-state index contributed by atoms with van der Waals surface area (Å²) in [5, 5.41) is 35.1. The third-order valence-corrected chi connectivity index (χ3v) is 3.98. The van der Waals surface area contributed by atoms with Crippen molar-refractivity contribution in [1.82, 2.24) is 16.0 Å². The van der Waals surface area contributed by atoms with Crippen molar-refractivity contribution in [2.45, 2.75) is 37.6 Å². The Morgan fingerprint density at radius 3 is 2.10 bits per heavy atom. The summed E-state index contributed by atoms with van der Waals surface area (Å²) < 4.78 is 0. The van der Waals surface area contributed by atoms with Gasteiger partial charge >= 0.3 is 5.97 Å². The molecule has 0 aliphatic heterocycles. The minimum absolute atomic E-state index is 0.00574. The summed E-state index contributed by atoms with van der Waals surface area (Å²) in [6.45, 7) is 0.0469. The number of benzene rings is 1. The Labute approximate surface area is 167 Å². The Morgan fingerprint density at radius 1 is 1.00 bits per heavy atom. The predicted octanol–water partition coefficient (Wildman–Crippen LogP) is -2.90. The zero-order valence-electron chi connectivity index (χ0n) is 15.9. The van der Waals surface area contributed by atoms with Gasteiger partial charge in [-0.2, -0.15) is 0 Å². The van der Waals surface area contributed by atoms with Gasteiger partial charge in [0.1, 0.15) is 18.1 Å². The highest BCUT2D eigenvalue weighted by atomic mass is 16.4. The number of hydrogen-bond donors (Lipinski definition) is 7. The Balaban J connectivity index is 2.85. The Morgan fingerprint density at radius 2 is 1.62 bits per heavy atom. The number of amides is 3. The van der Waals surface area contributed by atoms with Crippen LogP contribution in [0.25, 0.3) is 0 Å². The molecule has 0 saturated heterocycles. The first-order chi connectivity index (χ1) is 13.7. The van der Waals surface area contributed by atoms with Gasteiger partial charge in [-0.15, -0.1) is 0 Å². The smallest absolute Gasteiger partial charge is 0.326 e. The van der Waals surface area contributed by atoms with Crippen molar-refractivity contribution in [3.8, 4) is 0 Å². The van der Waals surface area contributed by atoms with Crippen molar-refractivity contribution in [2.75, 3.05) is 13.2 Å². The Bertz CT molecular complexity index is 711. The summed E-state index contributed by atoms with van der Waals surface area (Å²) in [5.74, 6) is -3.86. The van der Waals surface area contributed by atoms with E-state index in [-0.39, 0.29) is 6.42 Å². The van der Waals surface area contributed by atoms with E-state index in [4.69, 9.17) is 5.73 Å². The lowest BCUT2D eigenvalue weighted by molar-refractivity contribution is -0.143. The van der Waals surface area contributed by atoms with E-state index in [1.807, 2.05) is 0 Å². The van der Waals surface area contributed by atoms with Crippen LogP contribution in [0.4, 0.5) is 0 Å². The number of aliphatic hydroxyl groups excluding tert-OH is 2. The standard InChI is InChI=1S/C18H26N4O7/c1-10(24)15(22-16(26)13(9-23)20-14(25)8-19)17(27)21-12(18(28)29)7-11-5-3-2-4-6-11/h2-6,10,12-13,15,23-24H,7-9,19H2,1H3,(H,20,25)(H,21,27)(H,22,26)(H,28,29). The molecule has 8 N–H and O–H groups in total. The molecular weight excluding hydrogens is 384 g/mol. The van der Waals surface area contributed by atoms with Crippen LogP contribution in [0, 0.1) is 0 Å². The summed E-state index contributed by atoms with van der Waals surface area (Å²) in [4.78, 5) is 47.5. The highest BCUT2D eigenvalue weighted by Gasteiger charge is 2.32. The molecular formula is C18H26N4O7. The molecule has 0 aliphatic carbocycles. The van der Waals surface area contributed by atoms with Gasteiger partial charge in [0.25, 0.3) is 0 Å². The fourth-order valence-corrected chi connectivity index (χ4v) is 2.42. The maximum absolute atomic E-state index is 12.5. The van der Waals surface area contributed by atoms with E-state index in [9.17, 15) is 34.5 Å². The van der Waals surface area contributed by atoms with E-state index in [0.717, 1.165) is 0 Å². The van der Waals surface area contributed by atoms with Crippen molar-refractivity contribution in [3.05, 3.63) is 35.9 Å². The van der Waals surface area contributed by atoms with Gasteiger partial charge in [-0.25, -0.2) is 4.79 Å². The molecule has 0 aliphatic rings. The molecule has 1 rings (SSSR count). The number of nitrogens with one attached hydrogen (secondary N) is 3. The van der Waals surface area contributed by atoms with Crippen molar-refractivity contribution in [3.63, 3.8) is 0 Å². The summed E-state index contributed by atoms with van der Waals surface area (Å²) in [6, 6.07) is 4.40. The number of rotatable bonds is 11. The Hall–Kier alpha value is -3.02. The highest BCUT2D eigenvalue weighted by Crippen LogP contribution is 2.05. The first-order valence-electron chi connectivity index (χ1n) is 8.85. The van der Waals surface area contributed by atoms with E-state index in [0.29, 0.717) is 5.56 Å². The molecule has 0 spiro atoms. The van der Waals surface area contributed by atoms with Gasteiger partial charge in [0.05, 0.1) is 19.3 Å². The third kappa shape index (κ3) is 7.86. The summed E-state index contributed by atoms with van der Waals surface area (Å²) in [5.41, 5.74) is 5.80. The second-order valence-electron chi connectivity index (χ2n) is 6.32. The number of aliphatic hydroxyl groups is 2. The number of aliphatic carboxylic acids is 1. The molecule has 11 nitrogen and oxygen atoms in total. The summed E-state index contributed by atoms with van der Waals surface area (Å²) >= 11 is 0. The monoisotopic (exact) mass is 410 g/mol.